The first kappa shape index (κ1) is 18.7. The van der Waals surface area contributed by atoms with Gasteiger partial charge in [-0.05, 0) is 36.5 Å². The minimum absolute atomic E-state index is 0.0262. The number of carbonyl (C=O) groups is 1. The van der Waals surface area contributed by atoms with Gasteiger partial charge in [-0.3, -0.25) is 4.79 Å². The highest BCUT2D eigenvalue weighted by Crippen LogP contribution is 2.66. The minimum Gasteiger partial charge on any atom is -0.496 e. The summed E-state index contributed by atoms with van der Waals surface area (Å²) in [5.41, 5.74) is 2.75. The predicted molar refractivity (Wildman–Crippen MR) is 106 cm³/mol. The van der Waals surface area contributed by atoms with Crippen molar-refractivity contribution in [3.8, 4) is 5.75 Å². The predicted octanol–water partition coefficient (Wildman–Crippen LogP) is 4.68. The quantitative estimate of drug-likeness (QED) is 0.533. The van der Waals surface area contributed by atoms with Gasteiger partial charge in [0, 0.05) is 16.4 Å². The summed E-state index contributed by atoms with van der Waals surface area (Å²) in [5.74, 6) is 1.08. The van der Waals surface area contributed by atoms with Crippen LogP contribution in [-0.4, -0.2) is 33.8 Å². The van der Waals surface area contributed by atoms with Crippen molar-refractivity contribution in [1.82, 2.24) is 15.2 Å². The number of Topliss-reactive ketones (excluding diaryl/α,β-unsaturated/α-hetero) is 1. The lowest BCUT2D eigenvalue weighted by Gasteiger charge is -2.33. The molecule has 0 spiro atoms. The Morgan fingerprint density at radius 1 is 1.33 bits per heavy atom. The van der Waals surface area contributed by atoms with Crippen molar-refractivity contribution in [3.63, 3.8) is 0 Å². The fourth-order valence-electron chi connectivity index (χ4n) is 4.53. The Labute approximate surface area is 168 Å². The molecular weight excluding hydrogens is 382 g/mol. The lowest BCUT2D eigenvalue weighted by atomic mass is 9.70. The third-order valence-corrected chi connectivity index (χ3v) is 7.64. The largest absolute Gasteiger partial charge is 0.496 e. The molecule has 2 atom stereocenters. The molecular formula is C20H22ClN3O2S. The standard InChI is InChI=1S/C20H22ClN3O2S/c1-19(2)13-7-8-20(19,3)17-16(13)23-24-18(22-17)27-10-14(25)12-9-11(21)5-6-15(12)26-4/h5-6,9,13H,7-8,10H2,1-4H3. The Bertz CT molecular complexity index is 933. The average Bonchev–Trinajstić information content (AvgIpc) is 2.98. The average molecular weight is 404 g/mol. The first-order valence-corrected chi connectivity index (χ1v) is 10.4. The second-order valence-electron chi connectivity index (χ2n) is 8.03. The zero-order valence-corrected chi connectivity index (χ0v) is 17.4. The van der Waals surface area contributed by atoms with E-state index in [-0.39, 0.29) is 22.4 Å². The van der Waals surface area contributed by atoms with E-state index in [1.54, 1.807) is 18.2 Å². The maximum absolute atomic E-state index is 12.6. The Morgan fingerprint density at radius 3 is 2.85 bits per heavy atom. The summed E-state index contributed by atoms with van der Waals surface area (Å²) in [5, 5.41) is 9.83. The van der Waals surface area contributed by atoms with Crippen molar-refractivity contribution < 1.29 is 9.53 Å². The summed E-state index contributed by atoms with van der Waals surface area (Å²) in [6, 6.07) is 5.04. The number of carbonyl (C=O) groups excluding carboxylic acids is 1. The molecule has 1 aromatic heterocycles. The van der Waals surface area contributed by atoms with Crippen LogP contribution in [0.25, 0.3) is 0 Å². The third kappa shape index (κ3) is 2.76. The number of fused-ring (bicyclic) bond motifs is 5. The minimum atomic E-state index is -0.0727. The Hall–Kier alpha value is -1.66. The van der Waals surface area contributed by atoms with Crippen LogP contribution in [0.15, 0.2) is 23.4 Å². The second-order valence-corrected chi connectivity index (χ2v) is 9.41. The highest BCUT2D eigenvalue weighted by Gasteiger charge is 2.61. The maximum atomic E-state index is 12.6. The molecule has 2 aliphatic carbocycles. The number of ether oxygens (including phenoxy) is 1. The van der Waals surface area contributed by atoms with Crippen LogP contribution in [0, 0.1) is 5.41 Å². The number of nitrogens with zero attached hydrogens (tertiary/aromatic N) is 3. The fourth-order valence-corrected chi connectivity index (χ4v) is 5.37. The second kappa shape index (κ2) is 6.45. The van der Waals surface area contributed by atoms with Gasteiger partial charge in [-0.1, -0.05) is 44.1 Å². The fraction of sp³-hybridized carbons (Fsp3) is 0.500. The summed E-state index contributed by atoms with van der Waals surface area (Å²) in [4.78, 5) is 17.5. The first-order valence-electron chi connectivity index (χ1n) is 9.02. The smallest absolute Gasteiger partial charge is 0.209 e. The van der Waals surface area contributed by atoms with Gasteiger partial charge in [0.1, 0.15) is 5.75 Å². The van der Waals surface area contributed by atoms with E-state index in [0.717, 1.165) is 24.2 Å². The number of ketones is 1. The monoisotopic (exact) mass is 403 g/mol. The Balaban J connectivity index is 1.55. The summed E-state index contributed by atoms with van der Waals surface area (Å²) < 4.78 is 5.27. The van der Waals surface area contributed by atoms with Gasteiger partial charge in [-0.2, -0.15) is 5.10 Å². The number of aromatic nitrogens is 3. The van der Waals surface area contributed by atoms with Crippen molar-refractivity contribution in [2.75, 3.05) is 12.9 Å². The molecule has 4 rings (SSSR count). The highest BCUT2D eigenvalue weighted by atomic mass is 35.5. The molecule has 2 unspecified atom stereocenters. The summed E-state index contributed by atoms with van der Waals surface area (Å²) >= 11 is 7.34. The van der Waals surface area contributed by atoms with E-state index in [1.165, 1.54) is 18.9 Å². The number of rotatable bonds is 5. The molecule has 5 nitrogen and oxygen atoms in total. The molecule has 2 aliphatic rings. The van der Waals surface area contributed by atoms with E-state index >= 15 is 0 Å². The third-order valence-electron chi connectivity index (χ3n) is 6.57. The van der Waals surface area contributed by atoms with Gasteiger partial charge in [0.15, 0.2) is 5.78 Å². The molecule has 1 fully saturated rings. The van der Waals surface area contributed by atoms with Crippen LogP contribution in [0.4, 0.5) is 0 Å². The normalized spacial score (nSPS) is 24.7. The molecule has 0 amide bonds. The van der Waals surface area contributed by atoms with Crippen molar-refractivity contribution in [2.45, 2.75) is 50.1 Å². The van der Waals surface area contributed by atoms with Crippen molar-refractivity contribution in [3.05, 3.63) is 40.2 Å². The molecule has 0 N–H and O–H groups in total. The molecule has 1 heterocycles. The molecule has 0 saturated heterocycles. The van der Waals surface area contributed by atoms with Gasteiger partial charge in [-0.25, -0.2) is 4.98 Å². The SMILES string of the molecule is COc1ccc(Cl)cc1C(=O)CSc1nnc2c(n1)C1(C)CCC2C1(C)C. The molecule has 0 aliphatic heterocycles. The van der Waals surface area contributed by atoms with E-state index in [9.17, 15) is 4.79 Å². The van der Waals surface area contributed by atoms with E-state index in [1.807, 2.05) is 0 Å². The van der Waals surface area contributed by atoms with Crippen molar-refractivity contribution in [1.29, 1.82) is 0 Å². The van der Waals surface area contributed by atoms with Gasteiger partial charge >= 0.3 is 0 Å². The molecule has 0 radical (unpaired) electrons. The van der Waals surface area contributed by atoms with Crippen LogP contribution in [0.2, 0.25) is 5.02 Å². The first-order chi connectivity index (χ1) is 12.8. The molecule has 2 aromatic rings. The van der Waals surface area contributed by atoms with Crippen LogP contribution < -0.4 is 4.74 Å². The molecule has 142 valence electrons. The van der Waals surface area contributed by atoms with Crippen molar-refractivity contribution in [2.24, 2.45) is 5.41 Å². The van der Waals surface area contributed by atoms with E-state index in [0.29, 0.717) is 27.4 Å². The molecule has 1 aromatic carbocycles. The number of hydrogen-bond donors (Lipinski definition) is 0. The van der Waals surface area contributed by atoms with Gasteiger partial charge in [0.2, 0.25) is 5.16 Å². The molecule has 27 heavy (non-hydrogen) atoms. The van der Waals surface area contributed by atoms with E-state index in [2.05, 4.69) is 31.0 Å². The number of halogens is 1. The lowest BCUT2D eigenvalue weighted by molar-refractivity contribution is 0.101. The van der Waals surface area contributed by atoms with Crippen LogP contribution in [-0.2, 0) is 5.41 Å². The number of benzene rings is 1. The number of methoxy groups -OCH3 is 1. The van der Waals surface area contributed by atoms with Gasteiger partial charge in [-0.15, -0.1) is 5.10 Å². The van der Waals surface area contributed by atoms with Gasteiger partial charge < -0.3 is 4.74 Å². The van der Waals surface area contributed by atoms with Crippen LogP contribution in [0.1, 0.15) is 61.3 Å². The summed E-state index contributed by atoms with van der Waals surface area (Å²) in [6.07, 6.45) is 2.27. The maximum Gasteiger partial charge on any atom is 0.209 e. The molecule has 1 saturated carbocycles. The topological polar surface area (TPSA) is 65.0 Å². The van der Waals surface area contributed by atoms with Crippen molar-refractivity contribution >= 4 is 29.1 Å². The molecule has 2 bridgehead atoms. The summed E-state index contributed by atoms with van der Waals surface area (Å²) in [7, 11) is 1.54. The highest BCUT2D eigenvalue weighted by molar-refractivity contribution is 7.99. The number of hydrogen-bond acceptors (Lipinski definition) is 6. The zero-order valence-electron chi connectivity index (χ0n) is 15.9. The van der Waals surface area contributed by atoms with Gasteiger partial charge in [0.05, 0.1) is 29.8 Å². The lowest BCUT2D eigenvalue weighted by Crippen LogP contribution is -2.32. The van der Waals surface area contributed by atoms with Crippen LogP contribution >= 0.6 is 23.4 Å². The van der Waals surface area contributed by atoms with Crippen LogP contribution in [0.3, 0.4) is 0 Å². The van der Waals surface area contributed by atoms with E-state index < -0.39 is 0 Å². The summed E-state index contributed by atoms with van der Waals surface area (Å²) in [6.45, 7) is 6.88. The molecule has 7 heteroatoms. The Morgan fingerprint density at radius 2 is 2.11 bits per heavy atom. The zero-order chi connectivity index (χ0) is 19.4. The number of thioether (sulfide) groups is 1. The van der Waals surface area contributed by atoms with Crippen LogP contribution in [0.5, 0.6) is 5.75 Å². The Kier molecular flexibility index (Phi) is 4.47. The van der Waals surface area contributed by atoms with E-state index in [4.69, 9.17) is 21.3 Å². The van der Waals surface area contributed by atoms with Gasteiger partial charge in [0.25, 0.3) is 0 Å².